The lowest BCUT2D eigenvalue weighted by atomic mass is 9.73. The van der Waals surface area contributed by atoms with E-state index in [-0.39, 0.29) is 17.2 Å². The lowest BCUT2D eigenvalue weighted by Crippen LogP contribution is -2.31. The third-order valence-corrected chi connectivity index (χ3v) is 6.17. The molecule has 5 nitrogen and oxygen atoms in total. The maximum atomic E-state index is 13.3. The lowest BCUT2D eigenvalue weighted by Gasteiger charge is -2.34. The van der Waals surface area contributed by atoms with Crippen molar-refractivity contribution in [3.63, 3.8) is 0 Å². The molecule has 2 aromatic carbocycles. The minimum absolute atomic E-state index is 0.0741. The van der Waals surface area contributed by atoms with E-state index in [9.17, 15) is 4.79 Å². The standard InChI is InChI=1S/C25H30N2O3/c1-14-9-17-18(10-15(14)2)27-24(16-7-8-21(29-5)22(11-16)30-6)23-19(26-17)12-25(3,4)13-20(23)28/h7-11,24,26-27H,12-13H2,1-6H3/t24-/m0/s1. The number of ketones is 1. The highest BCUT2D eigenvalue weighted by Crippen LogP contribution is 2.46. The van der Waals surface area contributed by atoms with Crippen LogP contribution in [0.15, 0.2) is 41.6 Å². The van der Waals surface area contributed by atoms with Crippen LogP contribution < -0.4 is 20.1 Å². The average Bonchev–Trinajstić information content (AvgIpc) is 2.83. The van der Waals surface area contributed by atoms with E-state index < -0.39 is 0 Å². The number of fused-ring (bicyclic) bond motifs is 1. The van der Waals surface area contributed by atoms with Crippen LogP contribution in [0.5, 0.6) is 11.5 Å². The molecule has 1 heterocycles. The third kappa shape index (κ3) is 3.53. The molecule has 0 unspecified atom stereocenters. The number of carbonyl (C=O) groups is 1. The molecule has 5 heteroatoms. The quantitative estimate of drug-likeness (QED) is 0.701. The predicted molar refractivity (Wildman–Crippen MR) is 120 cm³/mol. The van der Waals surface area contributed by atoms with Gasteiger partial charge in [0.1, 0.15) is 0 Å². The van der Waals surface area contributed by atoms with Crippen molar-refractivity contribution in [3.8, 4) is 11.5 Å². The van der Waals surface area contributed by atoms with Crippen molar-refractivity contribution in [2.24, 2.45) is 5.41 Å². The van der Waals surface area contributed by atoms with E-state index in [0.29, 0.717) is 17.9 Å². The molecule has 0 bridgehead atoms. The molecule has 30 heavy (non-hydrogen) atoms. The third-order valence-electron chi connectivity index (χ3n) is 6.17. The van der Waals surface area contributed by atoms with Crippen LogP contribution in [0.4, 0.5) is 11.4 Å². The second-order valence-corrected chi connectivity index (χ2v) is 9.13. The maximum Gasteiger partial charge on any atom is 0.163 e. The number of methoxy groups -OCH3 is 2. The van der Waals surface area contributed by atoms with Gasteiger partial charge in [-0.15, -0.1) is 0 Å². The van der Waals surface area contributed by atoms with Gasteiger partial charge in [-0.1, -0.05) is 19.9 Å². The molecule has 0 spiro atoms. The number of nitrogens with one attached hydrogen (secondary N) is 2. The van der Waals surface area contributed by atoms with Gasteiger partial charge in [-0.3, -0.25) is 4.79 Å². The Morgan fingerprint density at radius 2 is 1.60 bits per heavy atom. The van der Waals surface area contributed by atoms with Gasteiger partial charge in [-0.2, -0.15) is 0 Å². The minimum Gasteiger partial charge on any atom is -0.493 e. The van der Waals surface area contributed by atoms with Gasteiger partial charge in [0, 0.05) is 17.7 Å². The van der Waals surface area contributed by atoms with Gasteiger partial charge in [-0.05, 0) is 66.6 Å². The fourth-order valence-electron chi connectivity index (χ4n) is 4.49. The zero-order valence-electron chi connectivity index (χ0n) is 18.6. The van der Waals surface area contributed by atoms with E-state index >= 15 is 0 Å². The van der Waals surface area contributed by atoms with Gasteiger partial charge in [0.15, 0.2) is 17.3 Å². The first kappa shape index (κ1) is 20.3. The van der Waals surface area contributed by atoms with Crippen molar-refractivity contribution in [2.45, 2.75) is 46.6 Å². The van der Waals surface area contributed by atoms with E-state index in [4.69, 9.17) is 9.47 Å². The van der Waals surface area contributed by atoms with E-state index in [1.165, 1.54) is 11.1 Å². The second kappa shape index (κ2) is 7.38. The summed E-state index contributed by atoms with van der Waals surface area (Å²) in [6.45, 7) is 8.53. The summed E-state index contributed by atoms with van der Waals surface area (Å²) in [6, 6.07) is 9.90. The Balaban J connectivity index is 1.90. The van der Waals surface area contributed by atoms with Gasteiger partial charge in [0.05, 0.1) is 31.6 Å². The molecule has 2 aromatic rings. The Bertz CT molecular complexity index is 1050. The van der Waals surface area contributed by atoms with Crippen LogP contribution in [0.3, 0.4) is 0 Å². The largest absolute Gasteiger partial charge is 0.493 e. The van der Waals surface area contributed by atoms with Crippen molar-refractivity contribution in [3.05, 3.63) is 58.3 Å². The van der Waals surface area contributed by atoms with E-state index in [0.717, 1.165) is 34.6 Å². The molecule has 158 valence electrons. The number of ether oxygens (including phenoxy) is 2. The smallest absolute Gasteiger partial charge is 0.163 e. The highest BCUT2D eigenvalue weighted by atomic mass is 16.5. The zero-order valence-corrected chi connectivity index (χ0v) is 18.6. The average molecular weight is 407 g/mol. The van der Waals surface area contributed by atoms with Crippen LogP contribution in [-0.4, -0.2) is 20.0 Å². The van der Waals surface area contributed by atoms with Crippen LogP contribution in [0.25, 0.3) is 0 Å². The van der Waals surface area contributed by atoms with Crippen molar-refractivity contribution in [1.29, 1.82) is 0 Å². The van der Waals surface area contributed by atoms with E-state index in [1.54, 1.807) is 14.2 Å². The summed E-state index contributed by atoms with van der Waals surface area (Å²) in [5.41, 5.74) is 7.16. The van der Waals surface area contributed by atoms with Crippen molar-refractivity contribution in [1.82, 2.24) is 0 Å². The van der Waals surface area contributed by atoms with Crippen LogP contribution in [0.1, 0.15) is 49.4 Å². The molecule has 1 aliphatic heterocycles. The molecular weight excluding hydrogens is 376 g/mol. The number of hydrogen-bond donors (Lipinski definition) is 2. The first-order chi connectivity index (χ1) is 14.2. The fraction of sp³-hybridized carbons (Fsp3) is 0.400. The molecule has 0 saturated carbocycles. The Hall–Kier alpha value is -2.95. The molecule has 1 atom stereocenters. The monoisotopic (exact) mass is 406 g/mol. The first-order valence-corrected chi connectivity index (χ1v) is 10.4. The summed E-state index contributed by atoms with van der Waals surface area (Å²) in [5, 5.41) is 7.26. The Morgan fingerprint density at radius 3 is 2.27 bits per heavy atom. The molecule has 2 aliphatic rings. The predicted octanol–water partition coefficient (Wildman–Crippen LogP) is 5.54. The molecule has 0 saturated heterocycles. The maximum absolute atomic E-state index is 13.3. The van der Waals surface area contributed by atoms with Crippen molar-refractivity contribution in [2.75, 3.05) is 24.9 Å². The number of carbonyl (C=O) groups excluding carboxylic acids is 1. The van der Waals surface area contributed by atoms with E-state index in [1.807, 2.05) is 18.2 Å². The van der Waals surface area contributed by atoms with Gasteiger partial charge >= 0.3 is 0 Å². The highest BCUT2D eigenvalue weighted by molar-refractivity contribution is 6.01. The summed E-state index contributed by atoms with van der Waals surface area (Å²) in [6.07, 6.45) is 1.36. The Kier molecular flexibility index (Phi) is 5.00. The van der Waals surface area contributed by atoms with Gasteiger partial charge in [-0.25, -0.2) is 0 Å². The van der Waals surface area contributed by atoms with Crippen LogP contribution in [0.2, 0.25) is 0 Å². The summed E-state index contributed by atoms with van der Waals surface area (Å²) >= 11 is 0. The topological polar surface area (TPSA) is 59.6 Å². The number of allylic oxidation sites excluding steroid dienone is 1. The highest BCUT2D eigenvalue weighted by Gasteiger charge is 2.39. The Labute approximate surface area is 178 Å². The molecule has 0 fully saturated rings. The second-order valence-electron chi connectivity index (χ2n) is 9.13. The summed E-state index contributed by atoms with van der Waals surface area (Å²) in [7, 11) is 3.25. The molecule has 0 radical (unpaired) electrons. The molecule has 2 N–H and O–H groups in total. The van der Waals surface area contributed by atoms with Crippen LogP contribution in [0, 0.1) is 19.3 Å². The van der Waals surface area contributed by atoms with Crippen LogP contribution >= 0.6 is 0 Å². The number of rotatable bonds is 3. The van der Waals surface area contributed by atoms with Crippen LogP contribution in [-0.2, 0) is 4.79 Å². The molecule has 0 aromatic heterocycles. The number of Topliss-reactive ketones (excluding diaryl/α,β-unsaturated/α-hetero) is 1. The molecule has 0 amide bonds. The SMILES string of the molecule is COc1ccc([C@@H]2Nc3cc(C)c(C)cc3NC3=C2C(=O)CC(C)(C)C3)cc1OC. The zero-order chi connectivity index (χ0) is 21.6. The number of aryl methyl sites for hydroxylation is 2. The summed E-state index contributed by atoms with van der Waals surface area (Å²) < 4.78 is 10.9. The molecule has 4 rings (SSSR count). The Morgan fingerprint density at radius 1 is 0.933 bits per heavy atom. The molecule has 1 aliphatic carbocycles. The van der Waals surface area contributed by atoms with E-state index in [2.05, 4.69) is 50.5 Å². The van der Waals surface area contributed by atoms with Crippen molar-refractivity contribution < 1.29 is 14.3 Å². The first-order valence-electron chi connectivity index (χ1n) is 10.4. The minimum atomic E-state index is -0.265. The van der Waals surface area contributed by atoms with Gasteiger partial charge < -0.3 is 20.1 Å². The molecular formula is C25H30N2O3. The summed E-state index contributed by atoms with van der Waals surface area (Å²) in [5.74, 6) is 1.51. The number of hydrogen-bond acceptors (Lipinski definition) is 5. The fourth-order valence-corrected chi connectivity index (χ4v) is 4.49. The summed E-state index contributed by atoms with van der Waals surface area (Å²) in [4.78, 5) is 13.3. The lowest BCUT2D eigenvalue weighted by molar-refractivity contribution is -0.118. The normalized spacial score (nSPS) is 19.8. The van der Waals surface area contributed by atoms with Gasteiger partial charge in [0.25, 0.3) is 0 Å². The van der Waals surface area contributed by atoms with Gasteiger partial charge in [0.2, 0.25) is 0 Å². The van der Waals surface area contributed by atoms with Crippen molar-refractivity contribution >= 4 is 17.2 Å². The number of benzene rings is 2. The number of anilines is 2.